The van der Waals surface area contributed by atoms with Crippen LogP contribution in [0.2, 0.25) is 0 Å². The number of rotatable bonds is 7. The molecule has 0 aliphatic heterocycles. The Kier molecular flexibility index (Phi) is 7.96. The van der Waals surface area contributed by atoms with Gasteiger partial charge in [-0.1, -0.05) is 48.1 Å². The van der Waals surface area contributed by atoms with E-state index in [4.69, 9.17) is 55.9 Å². The fourth-order valence-corrected chi connectivity index (χ4v) is 1.60. The Bertz CT molecular complexity index is 443. The van der Waals surface area contributed by atoms with E-state index in [2.05, 4.69) is 6.92 Å². The third-order valence-electron chi connectivity index (χ3n) is 2.57. The molecular weight excluding hydrogens is 358 g/mol. The number of hydrogen-bond donors (Lipinski definition) is 0. The lowest BCUT2D eigenvalue weighted by Gasteiger charge is -2.17. The van der Waals surface area contributed by atoms with Gasteiger partial charge in [-0.05, 0) is 30.7 Å². The predicted molar refractivity (Wildman–Crippen MR) is 87.1 cm³/mol. The highest BCUT2D eigenvalue weighted by atomic mass is 35.6. The molecule has 0 saturated carbocycles. The Morgan fingerprint density at radius 2 is 1.86 bits per heavy atom. The molecule has 0 aliphatic rings. The molecule has 1 rings (SSSR count). The summed E-state index contributed by atoms with van der Waals surface area (Å²) in [4.78, 5) is 11.8. The van der Waals surface area contributed by atoms with Gasteiger partial charge in [-0.15, -0.1) is 11.6 Å². The first-order valence-electron chi connectivity index (χ1n) is 6.45. The van der Waals surface area contributed by atoms with Gasteiger partial charge >= 0.3 is 5.97 Å². The molecule has 21 heavy (non-hydrogen) atoms. The van der Waals surface area contributed by atoms with Crippen LogP contribution < -0.4 is 4.74 Å². The van der Waals surface area contributed by atoms with Crippen LogP contribution in [0.15, 0.2) is 24.3 Å². The topological polar surface area (TPSA) is 35.5 Å². The van der Waals surface area contributed by atoms with Crippen LogP contribution in [0.4, 0.5) is 0 Å². The minimum Gasteiger partial charge on any atom is -0.494 e. The number of esters is 1. The van der Waals surface area contributed by atoms with Crippen LogP contribution in [-0.4, -0.2) is 28.4 Å². The molecule has 0 aliphatic carbocycles. The smallest absolute Gasteiger partial charge is 0.338 e. The maximum atomic E-state index is 11.8. The van der Waals surface area contributed by atoms with Gasteiger partial charge in [0.25, 0.3) is 0 Å². The maximum absolute atomic E-state index is 11.8. The molecule has 0 radical (unpaired) electrons. The fraction of sp³-hybridized carbons (Fsp3) is 0.500. The van der Waals surface area contributed by atoms with Gasteiger partial charge < -0.3 is 9.47 Å². The fourth-order valence-electron chi connectivity index (χ4n) is 1.35. The first-order valence-corrected chi connectivity index (χ1v) is 8.02. The predicted octanol–water partition coefficient (Wildman–Crippen LogP) is 5.00. The summed E-state index contributed by atoms with van der Waals surface area (Å²) in [5.74, 6) is 0.173. The van der Waals surface area contributed by atoms with Crippen molar-refractivity contribution in [1.82, 2.24) is 0 Å². The summed E-state index contributed by atoms with van der Waals surface area (Å²) in [5, 5.41) is -0.914. The van der Waals surface area contributed by atoms with E-state index in [9.17, 15) is 4.79 Å². The highest BCUT2D eigenvalue weighted by Gasteiger charge is 2.32. The van der Waals surface area contributed by atoms with Crippen molar-refractivity contribution in [2.24, 2.45) is 0 Å². The van der Waals surface area contributed by atoms with Crippen LogP contribution in [0.3, 0.4) is 0 Å². The summed E-state index contributed by atoms with van der Waals surface area (Å²) in [7, 11) is 0. The van der Waals surface area contributed by atoms with E-state index in [1.54, 1.807) is 24.3 Å². The van der Waals surface area contributed by atoms with Crippen LogP contribution in [-0.2, 0) is 4.74 Å². The van der Waals surface area contributed by atoms with Crippen molar-refractivity contribution in [3.05, 3.63) is 29.8 Å². The zero-order chi connectivity index (χ0) is 15.9. The zero-order valence-electron chi connectivity index (χ0n) is 11.5. The number of ether oxygens (including phenoxy) is 2. The molecule has 0 aromatic heterocycles. The molecule has 0 bridgehead atoms. The molecule has 3 nitrogen and oxygen atoms in total. The Labute approximate surface area is 144 Å². The zero-order valence-corrected chi connectivity index (χ0v) is 14.5. The molecule has 7 heteroatoms. The normalized spacial score (nSPS) is 12.8. The number of hydrogen-bond acceptors (Lipinski definition) is 3. The molecule has 0 heterocycles. The van der Waals surface area contributed by atoms with Gasteiger partial charge in [0.05, 0.1) is 12.2 Å². The third kappa shape index (κ3) is 6.96. The minimum absolute atomic E-state index is 0.189. The molecular formula is C14H16Cl4O3. The van der Waals surface area contributed by atoms with Gasteiger partial charge in [0, 0.05) is 0 Å². The standard InChI is InChI=1S/C14H16Cl4O3/c1-2-3-8-20-11-6-4-10(5-7-11)13(19)21-9-12(15)14(16,17)18/h4-7,12H,2-3,8-9H2,1H3/t12-/m1/s1. The highest BCUT2D eigenvalue weighted by molar-refractivity contribution is 6.70. The second kappa shape index (κ2) is 8.94. The number of halogens is 4. The van der Waals surface area contributed by atoms with Crippen LogP contribution in [0.5, 0.6) is 5.75 Å². The van der Waals surface area contributed by atoms with Gasteiger partial charge in [-0.25, -0.2) is 4.79 Å². The molecule has 0 amide bonds. The SMILES string of the molecule is CCCCOc1ccc(C(=O)OC[C@@H](Cl)C(Cl)(Cl)Cl)cc1. The van der Waals surface area contributed by atoms with Gasteiger partial charge in [0.1, 0.15) is 17.7 Å². The molecule has 1 aromatic rings. The van der Waals surface area contributed by atoms with E-state index < -0.39 is 15.1 Å². The summed E-state index contributed by atoms with van der Waals surface area (Å²) in [6, 6.07) is 6.64. The first-order chi connectivity index (χ1) is 9.84. The van der Waals surface area contributed by atoms with E-state index in [-0.39, 0.29) is 6.61 Å². The van der Waals surface area contributed by atoms with Crippen LogP contribution >= 0.6 is 46.4 Å². The molecule has 0 spiro atoms. The molecule has 0 N–H and O–H groups in total. The summed E-state index contributed by atoms with van der Waals surface area (Å²) in [5.41, 5.74) is 0.381. The van der Waals surface area contributed by atoms with Crippen molar-refractivity contribution in [2.75, 3.05) is 13.2 Å². The van der Waals surface area contributed by atoms with E-state index in [1.165, 1.54) is 0 Å². The highest BCUT2D eigenvalue weighted by Crippen LogP contribution is 2.33. The summed E-state index contributed by atoms with van der Waals surface area (Å²) in [6.07, 6.45) is 2.05. The monoisotopic (exact) mass is 372 g/mol. The Morgan fingerprint density at radius 3 is 2.38 bits per heavy atom. The van der Waals surface area contributed by atoms with Crippen molar-refractivity contribution >= 4 is 52.4 Å². The van der Waals surface area contributed by atoms with Crippen LogP contribution in [0.25, 0.3) is 0 Å². The minimum atomic E-state index is -1.68. The van der Waals surface area contributed by atoms with Crippen molar-refractivity contribution < 1.29 is 14.3 Å². The number of carbonyl (C=O) groups excluding carboxylic acids is 1. The lowest BCUT2D eigenvalue weighted by molar-refractivity contribution is 0.0505. The lowest BCUT2D eigenvalue weighted by atomic mass is 10.2. The van der Waals surface area contributed by atoms with Crippen LogP contribution in [0, 0.1) is 0 Å². The number of unbranched alkanes of at least 4 members (excludes halogenated alkanes) is 1. The lowest BCUT2D eigenvalue weighted by Crippen LogP contribution is -2.26. The molecule has 1 atom stereocenters. The maximum Gasteiger partial charge on any atom is 0.338 e. The Morgan fingerprint density at radius 1 is 1.24 bits per heavy atom. The van der Waals surface area contributed by atoms with Crippen molar-refractivity contribution in [2.45, 2.75) is 28.9 Å². The first kappa shape index (κ1) is 18.7. The van der Waals surface area contributed by atoms with Crippen molar-refractivity contribution in [3.63, 3.8) is 0 Å². The molecule has 118 valence electrons. The Balaban J connectivity index is 2.48. The van der Waals surface area contributed by atoms with E-state index in [0.29, 0.717) is 17.9 Å². The van der Waals surface area contributed by atoms with Gasteiger partial charge in [0.2, 0.25) is 3.79 Å². The molecule has 0 unspecified atom stereocenters. The van der Waals surface area contributed by atoms with Crippen LogP contribution in [0.1, 0.15) is 30.1 Å². The van der Waals surface area contributed by atoms with E-state index in [1.807, 2.05) is 0 Å². The summed E-state index contributed by atoms with van der Waals surface area (Å²) in [6.45, 7) is 2.55. The third-order valence-corrected chi connectivity index (χ3v) is 4.15. The van der Waals surface area contributed by atoms with Gasteiger partial charge in [0.15, 0.2) is 0 Å². The molecule has 0 saturated heterocycles. The van der Waals surface area contributed by atoms with Crippen molar-refractivity contribution in [1.29, 1.82) is 0 Å². The summed E-state index contributed by atoms with van der Waals surface area (Å²) >= 11 is 22.5. The molecule has 0 fully saturated rings. The van der Waals surface area contributed by atoms with Gasteiger partial charge in [-0.2, -0.15) is 0 Å². The van der Waals surface area contributed by atoms with E-state index in [0.717, 1.165) is 12.8 Å². The largest absolute Gasteiger partial charge is 0.494 e. The second-order valence-electron chi connectivity index (χ2n) is 4.33. The number of carbonyl (C=O) groups is 1. The second-order valence-corrected chi connectivity index (χ2v) is 7.23. The molecule has 1 aromatic carbocycles. The Hall–Kier alpha value is -0.350. The summed E-state index contributed by atoms with van der Waals surface area (Å²) < 4.78 is 8.81. The van der Waals surface area contributed by atoms with Crippen molar-refractivity contribution in [3.8, 4) is 5.75 Å². The number of benzene rings is 1. The average Bonchev–Trinajstić information content (AvgIpc) is 2.44. The average molecular weight is 374 g/mol. The quantitative estimate of drug-likeness (QED) is 0.383. The van der Waals surface area contributed by atoms with E-state index >= 15 is 0 Å². The number of alkyl halides is 4. The van der Waals surface area contributed by atoms with Gasteiger partial charge in [-0.3, -0.25) is 0 Å².